The van der Waals surface area contributed by atoms with Crippen molar-refractivity contribution in [2.24, 2.45) is 5.92 Å². The van der Waals surface area contributed by atoms with E-state index in [1.54, 1.807) is 31.2 Å². The van der Waals surface area contributed by atoms with E-state index in [1.807, 2.05) is 36.4 Å². The number of para-hydroxylation sites is 1. The normalized spacial score (nSPS) is 13.8. The van der Waals surface area contributed by atoms with Gasteiger partial charge in [-0.2, -0.15) is 0 Å². The maximum atomic E-state index is 12.7. The predicted molar refractivity (Wildman–Crippen MR) is 129 cm³/mol. The molecule has 3 aromatic carbocycles. The van der Waals surface area contributed by atoms with Crippen molar-refractivity contribution in [3.63, 3.8) is 0 Å². The van der Waals surface area contributed by atoms with Crippen molar-refractivity contribution >= 4 is 23.7 Å². The van der Waals surface area contributed by atoms with Gasteiger partial charge < -0.3 is 15.2 Å². The van der Waals surface area contributed by atoms with Gasteiger partial charge in [0.2, 0.25) is 0 Å². The second kappa shape index (κ2) is 9.79. The molecule has 0 fully saturated rings. The number of hydrogen-bond acceptors (Lipinski definition) is 4. The van der Waals surface area contributed by atoms with Crippen LogP contribution in [0.2, 0.25) is 0 Å². The summed E-state index contributed by atoms with van der Waals surface area (Å²) in [5.41, 5.74) is 5.00. The van der Waals surface area contributed by atoms with E-state index in [1.165, 1.54) is 6.92 Å². The first-order valence-corrected chi connectivity index (χ1v) is 11.1. The Hall–Kier alpha value is -4.13. The molecule has 0 spiro atoms. The van der Waals surface area contributed by atoms with E-state index in [2.05, 4.69) is 22.8 Å². The molecular formula is C27H26N2O5. The van der Waals surface area contributed by atoms with Crippen molar-refractivity contribution in [1.29, 1.82) is 0 Å². The molecule has 1 aliphatic rings. The fraction of sp³-hybridized carbons (Fsp3) is 0.222. The van der Waals surface area contributed by atoms with Crippen molar-refractivity contribution in [2.75, 3.05) is 11.9 Å². The van der Waals surface area contributed by atoms with Crippen LogP contribution in [0.3, 0.4) is 0 Å². The highest BCUT2D eigenvalue weighted by Gasteiger charge is 2.29. The minimum Gasteiger partial charge on any atom is -0.481 e. The predicted octanol–water partition coefficient (Wildman–Crippen LogP) is 4.89. The summed E-state index contributed by atoms with van der Waals surface area (Å²) in [4.78, 5) is 36.6. The first kappa shape index (κ1) is 23.0. The Kier molecular flexibility index (Phi) is 6.63. The molecule has 1 aliphatic carbocycles. The van der Waals surface area contributed by atoms with Gasteiger partial charge in [0.25, 0.3) is 5.91 Å². The standard InChI is InChI=1S/C27H26N2O5/c1-16(26(31)32)17(2)28-25(30)22-13-7-8-14-24(22)29-27(33)34-15-23-20-11-5-3-9-18(20)19-10-4-6-12-21(19)23/h3-14,16-17,23H,15H2,1-2H3,(H,28,30)(H,29,33)(H,31,32). The fourth-order valence-electron chi connectivity index (χ4n) is 4.16. The van der Waals surface area contributed by atoms with E-state index in [-0.39, 0.29) is 23.8 Å². The number of carboxylic acid groups (broad SMARTS) is 1. The summed E-state index contributed by atoms with van der Waals surface area (Å²) < 4.78 is 5.57. The van der Waals surface area contributed by atoms with E-state index in [0.717, 1.165) is 22.3 Å². The van der Waals surface area contributed by atoms with E-state index < -0.39 is 29.9 Å². The van der Waals surface area contributed by atoms with Crippen LogP contribution in [0, 0.1) is 5.92 Å². The van der Waals surface area contributed by atoms with Gasteiger partial charge in [0.1, 0.15) is 6.61 Å². The van der Waals surface area contributed by atoms with Crippen LogP contribution in [0.1, 0.15) is 41.3 Å². The van der Waals surface area contributed by atoms with Gasteiger partial charge in [0.05, 0.1) is 17.2 Å². The van der Waals surface area contributed by atoms with Crippen LogP contribution in [0.15, 0.2) is 72.8 Å². The van der Waals surface area contributed by atoms with Gasteiger partial charge in [-0.05, 0) is 48.2 Å². The van der Waals surface area contributed by atoms with Gasteiger partial charge in [0, 0.05) is 12.0 Å². The molecule has 0 radical (unpaired) electrons. The van der Waals surface area contributed by atoms with Crippen LogP contribution in [0.4, 0.5) is 10.5 Å². The zero-order chi connectivity index (χ0) is 24.2. The Morgan fingerprint density at radius 3 is 2.06 bits per heavy atom. The number of benzene rings is 3. The van der Waals surface area contributed by atoms with Crippen LogP contribution in [0.5, 0.6) is 0 Å². The van der Waals surface area contributed by atoms with Gasteiger partial charge in [-0.1, -0.05) is 60.7 Å². The molecule has 2 unspecified atom stereocenters. The van der Waals surface area contributed by atoms with Gasteiger partial charge in [-0.3, -0.25) is 14.9 Å². The summed E-state index contributed by atoms with van der Waals surface area (Å²) in [6.45, 7) is 3.30. The maximum absolute atomic E-state index is 12.7. The Morgan fingerprint density at radius 1 is 0.882 bits per heavy atom. The van der Waals surface area contributed by atoms with Crippen molar-refractivity contribution in [1.82, 2.24) is 5.32 Å². The highest BCUT2D eigenvalue weighted by Crippen LogP contribution is 2.44. The lowest BCUT2D eigenvalue weighted by atomic mass is 9.98. The summed E-state index contributed by atoms with van der Waals surface area (Å²) >= 11 is 0. The van der Waals surface area contributed by atoms with E-state index >= 15 is 0 Å². The molecular weight excluding hydrogens is 432 g/mol. The number of nitrogens with one attached hydrogen (secondary N) is 2. The Morgan fingerprint density at radius 2 is 1.44 bits per heavy atom. The maximum Gasteiger partial charge on any atom is 0.411 e. The number of carboxylic acids is 1. The molecule has 7 nitrogen and oxygen atoms in total. The van der Waals surface area contributed by atoms with Crippen LogP contribution >= 0.6 is 0 Å². The van der Waals surface area contributed by atoms with Gasteiger partial charge >= 0.3 is 12.1 Å². The average Bonchev–Trinajstić information content (AvgIpc) is 3.16. The van der Waals surface area contributed by atoms with Crippen molar-refractivity contribution in [3.8, 4) is 11.1 Å². The summed E-state index contributed by atoms with van der Waals surface area (Å²) in [7, 11) is 0. The molecule has 34 heavy (non-hydrogen) atoms. The van der Waals surface area contributed by atoms with Crippen LogP contribution in [0.25, 0.3) is 11.1 Å². The summed E-state index contributed by atoms with van der Waals surface area (Å²) in [6.07, 6.45) is -0.672. The second-order valence-electron chi connectivity index (χ2n) is 8.39. The number of rotatable bonds is 7. The fourth-order valence-corrected chi connectivity index (χ4v) is 4.16. The Labute approximate surface area is 197 Å². The third kappa shape index (κ3) is 4.64. The number of aliphatic carboxylic acids is 1. The monoisotopic (exact) mass is 458 g/mol. The molecule has 174 valence electrons. The highest BCUT2D eigenvalue weighted by molar-refractivity contribution is 6.02. The number of fused-ring (bicyclic) bond motifs is 3. The number of anilines is 1. The van der Waals surface area contributed by atoms with Gasteiger partial charge in [-0.25, -0.2) is 4.79 Å². The van der Waals surface area contributed by atoms with E-state index in [4.69, 9.17) is 9.84 Å². The second-order valence-corrected chi connectivity index (χ2v) is 8.39. The third-order valence-electron chi connectivity index (χ3n) is 6.25. The number of carbonyl (C=O) groups is 3. The van der Waals surface area contributed by atoms with E-state index in [0.29, 0.717) is 0 Å². The minimum absolute atomic E-state index is 0.0740. The molecule has 0 aromatic heterocycles. The van der Waals surface area contributed by atoms with Crippen molar-refractivity contribution < 1.29 is 24.2 Å². The van der Waals surface area contributed by atoms with Crippen molar-refractivity contribution in [2.45, 2.75) is 25.8 Å². The summed E-state index contributed by atoms with van der Waals surface area (Å²) in [6, 6.07) is 22.1. The SMILES string of the molecule is CC(NC(=O)c1ccccc1NC(=O)OCC1c2ccccc2-c2ccccc21)C(C)C(=O)O. The zero-order valence-electron chi connectivity index (χ0n) is 18.9. The minimum atomic E-state index is -1.00. The molecule has 0 bridgehead atoms. The lowest BCUT2D eigenvalue weighted by Crippen LogP contribution is -2.40. The van der Waals surface area contributed by atoms with Crippen LogP contribution < -0.4 is 10.6 Å². The largest absolute Gasteiger partial charge is 0.481 e. The Bertz CT molecular complexity index is 1190. The number of ether oxygens (including phenoxy) is 1. The first-order chi connectivity index (χ1) is 16.4. The third-order valence-corrected chi connectivity index (χ3v) is 6.25. The van der Waals surface area contributed by atoms with Crippen molar-refractivity contribution in [3.05, 3.63) is 89.5 Å². The van der Waals surface area contributed by atoms with Crippen LogP contribution in [-0.2, 0) is 9.53 Å². The topological polar surface area (TPSA) is 105 Å². The lowest BCUT2D eigenvalue weighted by molar-refractivity contribution is -0.141. The summed E-state index contributed by atoms with van der Waals surface area (Å²) in [5.74, 6) is -2.31. The quantitative estimate of drug-likeness (QED) is 0.468. The number of hydrogen-bond donors (Lipinski definition) is 3. The smallest absolute Gasteiger partial charge is 0.411 e. The molecule has 2 atom stereocenters. The first-order valence-electron chi connectivity index (χ1n) is 11.1. The zero-order valence-corrected chi connectivity index (χ0v) is 18.9. The average molecular weight is 459 g/mol. The highest BCUT2D eigenvalue weighted by atomic mass is 16.5. The molecule has 0 saturated carbocycles. The summed E-state index contributed by atoms with van der Waals surface area (Å²) in [5, 5.41) is 14.5. The molecule has 2 amide bonds. The van der Waals surface area contributed by atoms with Crippen LogP contribution in [-0.4, -0.2) is 35.7 Å². The van der Waals surface area contributed by atoms with E-state index in [9.17, 15) is 14.4 Å². The molecule has 0 saturated heterocycles. The molecule has 3 N–H and O–H groups in total. The lowest BCUT2D eigenvalue weighted by Gasteiger charge is -2.19. The van der Waals surface area contributed by atoms with Gasteiger partial charge in [0.15, 0.2) is 0 Å². The molecule has 0 heterocycles. The Balaban J connectivity index is 1.44. The number of amides is 2. The molecule has 4 rings (SSSR count). The van der Waals surface area contributed by atoms with Gasteiger partial charge in [-0.15, -0.1) is 0 Å². The molecule has 0 aliphatic heterocycles. The molecule has 7 heteroatoms. The number of carbonyl (C=O) groups excluding carboxylic acids is 2. The molecule has 3 aromatic rings.